The Morgan fingerprint density at radius 1 is 1.33 bits per heavy atom. The minimum Gasteiger partial charge on any atom is -0.392 e. The third-order valence-electron chi connectivity index (χ3n) is 6.49. The predicted octanol–water partition coefficient (Wildman–Crippen LogP) is 2.23. The summed E-state index contributed by atoms with van der Waals surface area (Å²) in [6, 6.07) is 7.52. The number of nitrogens with one attached hydrogen (secondary N) is 1. The number of carbonyl (C=O) groups is 1. The maximum atomic E-state index is 13.1. The Morgan fingerprint density at radius 3 is 2.70 bits per heavy atom. The van der Waals surface area contributed by atoms with Crippen LogP contribution in [0.2, 0.25) is 0 Å². The molecule has 4 rings (SSSR count). The Labute approximate surface area is 158 Å². The van der Waals surface area contributed by atoms with E-state index in [0.29, 0.717) is 39.0 Å². The Bertz CT molecular complexity index is 925. The second-order valence-corrected chi connectivity index (χ2v) is 7.72. The predicted molar refractivity (Wildman–Crippen MR) is 103 cm³/mol. The number of likely N-dealkylation sites (tertiary alicyclic amines) is 1. The highest BCUT2D eigenvalue weighted by atomic mass is 16.5. The van der Waals surface area contributed by atoms with E-state index in [1.54, 1.807) is 4.90 Å². The molecule has 6 nitrogen and oxygen atoms in total. The lowest BCUT2D eigenvalue weighted by Gasteiger charge is -2.56. The summed E-state index contributed by atoms with van der Waals surface area (Å²) in [4.78, 5) is 30.2. The summed E-state index contributed by atoms with van der Waals surface area (Å²) < 4.78 is 5.79. The number of piperidine rings is 1. The minimum absolute atomic E-state index is 0.0700. The summed E-state index contributed by atoms with van der Waals surface area (Å²) in [6.07, 6.45) is 1.78. The number of rotatable bonds is 3. The van der Waals surface area contributed by atoms with Gasteiger partial charge in [-0.1, -0.05) is 18.2 Å². The Kier molecular flexibility index (Phi) is 4.56. The first-order valence-corrected chi connectivity index (χ1v) is 9.68. The second-order valence-electron chi connectivity index (χ2n) is 7.72. The van der Waals surface area contributed by atoms with Crippen LogP contribution in [0.5, 0.6) is 0 Å². The van der Waals surface area contributed by atoms with Gasteiger partial charge in [0.1, 0.15) is 5.56 Å². The average Bonchev–Trinajstić information content (AvgIpc) is 2.68. The van der Waals surface area contributed by atoms with Crippen molar-refractivity contribution in [3.63, 3.8) is 0 Å². The van der Waals surface area contributed by atoms with Crippen molar-refractivity contribution >= 4 is 16.8 Å². The maximum absolute atomic E-state index is 13.1. The lowest BCUT2D eigenvalue weighted by Crippen LogP contribution is -2.62. The molecule has 1 saturated carbocycles. The number of fused-ring (bicyclic) bond motifs is 1. The highest BCUT2D eigenvalue weighted by Crippen LogP contribution is 2.51. The standard InChI is InChI=1S/C21H26N2O4/c1-3-27-17-12-16(24)21(17)8-10-23(11-9-21)20(26)18-13(2)14-6-4-5-7-15(14)22-19(18)25/h4-7,16-17,24H,3,8-12H2,1-2H3,(H,22,25)/t16-,17-/m0/s1. The number of pyridine rings is 1. The normalized spacial score (nSPS) is 24.2. The number of nitrogens with zero attached hydrogens (tertiary/aromatic N) is 1. The van der Waals surface area contributed by atoms with E-state index in [2.05, 4.69) is 4.98 Å². The number of ether oxygens (including phenoxy) is 1. The molecule has 27 heavy (non-hydrogen) atoms. The maximum Gasteiger partial charge on any atom is 0.261 e. The van der Waals surface area contributed by atoms with Crippen molar-refractivity contribution in [2.24, 2.45) is 5.41 Å². The Morgan fingerprint density at radius 2 is 2.04 bits per heavy atom. The molecular weight excluding hydrogens is 344 g/mol. The molecule has 0 unspecified atom stereocenters. The molecule has 1 amide bonds. The summed E-state index contributed by atoms with van der Waals surface area (Å²) in [7, 11) is 0. The van der Waals surface area contributed by atoms with Crippen molar-refractivity contribution in [3.8, 4) is 0 Å². The lowest BCUT2D eigenvalue weighted by molar-refractivity contribution is -0.207. The molecule has 2 fully saturated rings. The fourth-order valence-corrected chi connectivity index (χ4v) is 4.77. The topological polar surface area (TPSA) is 82.6 Å². The van der Waals surface area contributed by atoms with E-state index >= 15 is 0 Å². The van der Waals surface area contributed by atoms with Crippen LogP contribution in [-0.2, 0) is 4.74 Å². The number of H-pyrrole nitrogens is 1. The number of hydrogen-bond donors (Lipinski definition) is 2. The molecule has 2 aromatic rings. The molecule has 1 aromatic carbocycles. The monoisotopic (exact) mass is 370 g/mol. The number of hydrogen-bond acceptors (Lipinski definition) is 4. The SMILES string of the molecule is CCO[C@H]1C[C@H](O)C12CCN(C(=O)c1c(C)c3ccccc3[nH]c1=O)CC2. The quantitative estimate of drug-likeness (QED) is 0.868. The van der Waals surface area contributed by atoms with E-state index in [9.17, 15) is 14.7 Å². The molecule has 1 aromatic heterocycles. The zero-order valence-electron chi connectivity index (χ0n) is 15.8. The van der Waals surface area contributed by atoms with Gasteiger partial charge < -0.3 is 19.7 Å². The van der Waals surface area contributed by atoms with Gasteiger partial charge in [-0.25, -0.2) is 0 Å². The van der Waals surface area contributed by atoms with E-state index in [0.717, 1.165) is 16.5 Å². The van der Waals surface area contributed by atoms with Gasteiger partial charge in [-0.3, -0.25) is 9.59 Å². The zero-order chi connectivity index (χ0) is 19.2. The van der Waals surface area contributed by atoms with Crippen LogP contribution in [0.3, 0.4) is 0 Å². The third-order valence-corrected chi connectivity index (χ3v) is 6.49. The number of para-hydroxylation sites is 1. The molecule has 2 aliphatic rings. The molecule has 2 heterocycles. The molecule has 6 heteroatoms. The van der Waals surface area contributed by atoms with Crippen LogP contribution in [0.4, 0.5) is 0 Å². The average molecular weight is 370 g/mol. The van der Waals surface area contributed by atoms with Crippen LogP contribution in [0.1, 0.15) is 42.1 Å². The molecular formula is C21H26N2O4. The first kappa shape index (κ1) is 18.2. The van der Waals surface area contributed by atoms with Gasteiger partial charge in [-0.2, -0.15) is 0 Å². The van der Waals surface area contributed by atoms with Crippen LogP contribution in [-0.4, -0.2) is 52.8 Å². The highest BCUT2D eigenvalue weighted by Gasteiger charge is 2.56. The summed E-state index contributed by atoms with van der Waals surface area (Å²) >= 11 is 0. The third kappa shape index (κ3) is 2.78. The molecule has 1 aliphatic heterocycles. The molecule has 144 valence electrons. The van der Waals surface area contributed by atoms with Crippen LogP contribution >= 0.6 is 0 Å². The minimum atomic E-state index is -0.364. The van der Waals surface area contributed by atoms with Gasteiger partial charge in [-0.05, 0) is 38.3 Å². The smallest absolute Gasteiger partial charge is 0.261 e. The van der Waals surface area contributed by atoms with Crippen molar-refractivity contribution in [1.82, 2.24) is 9.88 Å². The molecule has 0 radical (unpaired) electrons. The summed E-state index contributed by atoms with van der Waals surface area (Å²) in [6.45, 7) is 5.49. The first-order chi connectivity index (χ1) is 13.0. The van der Waals surface area contributed by atoms with Gasteiger partial charge in [0.05, 0.1) is 12.2 Å². The van der Waals surface area contributed by atoms with E-state index in [-0.39, 0.29) is 34.7 Å². The van der Waals surface area contributed by atoms with Crippen molar-refractivity contribution in [2.75, 3.05) is 19.7 Å². The van der Waals surface area contributed by atoms with Crippen molar-refractivity contribution < 1.29 is 14.6 Å². The number of carbonyl (C=O) groups excluding carboxylic acids is 1. The number of aryl methyl sites for hydroxylation is 1. The molecule has 0 bridgehead atoms. The molecule has 1 spiro atoms. The number of aliphatic hydroxyl groups excluding tert-OH is 1. The van der Waals surface area contributed by atoms with E-state index < -0.39 is 0 Å². The van der Waals surface area contributed by atoms with Gasteiger partial charge in [0, 0.05) is 42.4 Å². The number of benzene rings is 1. The summed E-state index contributed by atoms with van der Waals surface area (Å²) in [5.74, 6) is -0.226. The zero-order valence-corrected chi connectivity index (χ0v) is 15.8. The van der Waals surface area contributed by atoms with Crippen LogP contribution in [0, 0.1) is 12.3 Å². The fraction of sp³-hybridized carbons (Fsp3) is 0.524. The number of amides is 1. The van der Waals surface area contributed by atoms with Gasteiger partial charge in [0.25, 0.3) is 11.5 Å². The summed E-state index contributed by atoms with van der Waals surface area (Å²) in [5.41, 5.74) is 1.10. The number of aliphatic hydroxyl groups is 1. The lowest BCUT2D eigenvalue weighted by atomic mass is 9.58. The van der Waals surface area contributed by atoms with Crippen molar-refractivity contribution in [1.29, 1.82) is 0 Å². The van der Waals surface area contributed by atoms with Gasteiger partial charge in [0.15, 0.2) is 0 Å². The molecule has 2 atom stereocenters. The van der Waals surface area contributed by atoms with Gasteiger partial charge >= 0.3 is 0 Å². The van der Waals surface area contributed by atoms with E-state index in [1.807, 2.05) is 38.1 Å². The van der Waals surface area contributed by atoms with Crippen LogP contribution in [0.25, 0.3) is 10.9 Å². The molecule has 1 saturated heterocycles. The number of aromatic nitrogens is 1. The first-order valence-electron chi connectivity index (χ1n) is 9.68. The van der Waals surface area contributed by atoms with Gasteiger partial charge in [0.2, 0.25) is 0 Å². The highest BCUT2D eigenvalue weighted by molar-refractivity contribution is 5.99. The Hall–Kier alpha value is -2.18. The van der Waals surface area contributed by atoms with Crippen molar-refractivity contribution in [3.05, 3.63) is 45.7 Å². The molecule has 1 aliphatic carbocycles. The van der Waals surface area contributed by atoms with Crippen molar-refractivity contribution in [2.45, 2.75) is 45.3 Å². The number of aromatic amines is 1. The van der Waals surface area contributed by atoms with Crippen LogP contribution < -0.4 is 5.56 Å². The fourth-order valence-electron chi connectivity index (χ4n) is 4.77. The molecule has 2 N–H and O–H groups in total. The van der Waals surface area contributed by atoms with E-state index in [4.69, 9.17) is 4.74 Å². The second kappa shape index (κ2) is 6.77. The van der Waals surface area contributed by atoms with E-state index in [1.165, 1.54) is 0 Å². The largest absolute Gasteiger partial charge is 0.392 e. The van der Waals surface area contributed by atoms with Gasteiger partial charge in [-0.15, -0.1) is 0 Å². The Balaban J connectivity index is 1.57. The summed E-state index contributed by atoms with van der Waals surface area (Å²) in [5, 5.41) is 11.2. The van der Waals surface area contributed by atoms with Crippen LogP contribution in [0.15, 0.2) is 29.1 Å².